The van der Waals surface area contributed by atoms with Gasteiger partial charge in [0, 0.05) is 23.4 Å². The molecule has 0 amide bonds. The van der Waals surface area contributed by atoms with Crippen LogP contribution in [0.1, 0.15) is 40.3 Å². The van der Waals surface area contributed by atoms with Crippen molar-refractivity contribution in [3.63, 3.8) is 0 Å². The zero-order valence-corrected chi connectivity index (χ0v) is 31.8. The summed E-state index contributed by atoms with van der Waals surface area (Å²) >= 11 is 11.7. The molecule has 1 fully saturated rings. The molecule has 0 radical (unpaired) electrons. The molecule has 0 saturated carbocycles. The summed E-state index contributed by atoms with van der Waals surface area (Å²) in [6.07, 6.45) is -1.98. The van der Waals surface area contributed by atoms with Crippen LogP contribution in [0.2, 0.25) is 5.02 Å². The number of hydrogen-bond acceptors (Lipinski definition) is 8. The largest absolute Gasteiger partial charge is 0.494 e. The summed E-state index contributed by atoms with van der Waals surface area (Å²) in [5.74, 6) is -0.690. The third kappa shape index (κ3) is 9.16. The van der Waals surface area contributed by atoms with Gasteiger partial charge >= 0.3 is 0 Å². The first kappa shape index (κ1) is 39.0. The van der Waals surface area contributed by atoms with Gasteiger partial charge in [0.25, 0.3) is 0 Å². The molecule has 5 aromatic carbocycles. The molecule has 1 N–H and O–H groups in total. The lowest BCUT2D eigenvalue weighted by atomic mass is 9.81. The molecule has 53 heavy (non-hydrogen) atoms. The lowest BCUT2D eigenvalue weighted by Crippen LogP contribution is -2.72. The lowest BCUT2D eigenvalue weighted by molar-refractivity contribution is -0.408. The van der Waals surface area contributed by atoms with E-state index in [1.807, 2.05) is 140 Å². The molecule has 1 aliphatic rings. The van der Waals surface area contributed by atoms with Crippen molar-refractivity contribution in [3.8, 4) is 5.75 Å². The predicted octanol–water partition coefficient (Wildman–Crippen LogP) is 8.58. The van der Waals surface area contributed by atoms with Crippen LogP contribution in [0.5, 0.6) is 5.75 Å². The van der Waals surface area contributed by atoms with Crippen molar-refractivity contribution in [1.82, 2.24) is 0 Å². The van der Waals surface area contributed by atoms with Gasteiger partial charge < -0.3 is 33.5 Å². The molecule has 5 atom stereocenters. The maximum atomic E-state index is 11.3. The van der Waals surface area contributed by atoms with Crippen LogP contribution in [-0.2, 0) is 55.7 Å². The number of halogens is 1. The fraction of sp³-hybridized carbons (Fsp3) is 0.318. The average Bonchev–Trinajstić information content (AvgIpc) is 3.21. The monoisotopic (exact) mass is 754 g/mol. The molecule has 0 unspecified atom stereocenters. The minimum atomic E-state index is -1.59. The number of benzene rings is 5. The molecule has 5 aromatic rings. The van der Waals surface area contributed by atoms with E-state index in [0.717, 1.165) is 33.6 Å². The van der Waals surface area contributed by atoms with Crippen molar-refractivity contribution in [2.75, 3.05) is 26.1 Å². The van der Waals surface area contributed by atoms with Gasteiger partial charge in [0.15, 0.2) is 0 Å². The number of rotatable bonds is 17. The molecule has 7 nitrogen and oxygen atoms in total. The summed E-state index contributed by atoms with van der Waals surface area (Å²) < 4.78 is 39.9. The van der Waals surface area contributed by atoms with Crippen LogP contribution in [0.25, 0.3) is 0 Å². The first-order valence-electron chi connectivity index (χ1n) is 17.9. The zero-order valence-electron chi connectivity index (χ0n) is 30.1. The van der Waals surface area contributed by atoms with E-state index in [1.54, 1.807) is 7.11 Å². The van der Waals surface area contributed by atoms with Crippen LogP contribution in [0.4, 0.5) is 0 Å². The maximum Gasteiger partial charge on any atom is 0.225 e. The molecular weight excluding hydrogens is 708 g/mol. The molecule has 1 saturated heterocycles. The van der Waals surface area contributed by atoms with Crippen LogP contribution < -0.4 is 4.74 Å². The summed E-state index contributed by atoms with van der Waals surface area (Å²) in [4.78, 5) is 0. The van der Waals surface area contributed by atoms with Crippen LogP contribution in [0.15, 0.2) is 133 Å². The lowest BCUT2D eigenvalue weighted by Gasteiger charge is -2.56. The third-order valence-electron chi connectivity index (χ3n) is 9.59. The molecule has 1 aliphatic heterocycles. The van der Waals surface area contributed by atoms with Crippen molar-refractivity contribution < 1.29 is 33.5 Å². The van der Waals surface area contributed by atoms with E-state index in [-0.39, 0.29) is 25.6 Å². The van der Waals surface area contributed by atoms with E-state index in [4.69, 9.17) is 52.7 Å². The minimum Gasteiger partial charge on any atom is -0.494 e. The van der Waals surface area contributed by atoms with E-state index < -0.39 is 36.3 Å². The van der Waals surface area contributed by atoms with Crippen LogP contribution in [-0.4, -0.2) is 55.1 Å². The van der Waals surface area contributed by atoms with Crippen LogP contribution >= 0.6 is 24.2 Å². The summed E-state index contributed by atoms with van der Waals surface area (Å²) in [6, 6.07) is 43.4. The number of ether oxygens (including phenoxy) is 6. The number of hydrogen-bond donors (Lipinski definition) is 2. The van der Waals surface area contributed by atoms with E-state index in [9.17, 15) is 5.11 Å². The highest BCUT2D eigenvalue weighted by molar-refractivity contribution is 7.80. The Bertz CT molecular complexity index is 1840. The Hall–Kier alpha value is -3.70. The molecule has 0 aromatic heterocycles. The molecule has 0 spiro atoms. The predicted molar refractivity (Wildman–Crippen MR) is 210 cm³/mol. The van der Waals surface area contributed by atoms with E-state index in [0.29, 0.717) is 23.6 Å². The fourth-order valence-corrected chi connectivity index (χ4v) is 7.35. The van der Waals surface area contributed by atoms with Crippen LogP contribution in [0, 0.1) is 0 Å². The summed E-state index contributed by atoms with van der Waals surface area (Å²) in [5, 5.41) is 11.9. The summed E-state index contributed by atoms with van der Waals surface area (Å²) in [7, 11) is 1.58. The topological polar surface area (TPSA) is 75.6 Å². The summed E-state index contributed by atoms with van der Waals surface area (Å²) in [6.45, 7) is 2.85. The second-order valence-corrected chi connectivity index (χ2v) is 13.8. The van der Waals surface area contributed by atoms with E-state index in [2.05, 4.69) is 0 Å². The highest BCUT2D eigenvalue weighted by atomic mass is 35.5. The first-order valence-corrected chi connectivity index (χ1v) is 18.9. The Balaban J connectivity index is 1.46. The highest BCUT2D eigenvalue weighted by Gasteiger charge is 2.64. The molecule has 1 heterocycles. The molecule has 0 aliphatic carbocycles. The van der Waals surface area contributed by atoms with Crippen molar-refractivity contribution in [2.24, 2.45) is 0 Å². The molecule has 6 rings (SSSR count). The maximum absolute atomic E-state index is 11.3. The smallest absolute Gasteiger partial charge is 0.225 e. The number of thiol groups is 1. The van der Waals surface area contributed by atoms with Crippen LogP contribution in [0.3, 0.4) is 0 Å². The van der Waals surface area contributed by atoms with E-state index in [1.165, 1.54) is 0 Å². The van der Waals surface area contributed by atoms with Crippen molar-refractivity contribution in [1.29, 1.82) is 0 Å². The molecular formula is C44H47ClO7S. The minimum absolute atomic E-state index is 0.0945. The van der Waals surface area contributed by atoms with Gasteiger partial charge in [-0.2, -0.15) is 12.6 Å². The molecule has 9 heteroatoms. The zero-order chi connectivity index (χ0) is 37.1. The Morgan fingerprint density at radius 1 is 0.698 bits per heavy atom. The van der Waals surface area contributed by atoms with Crippen molar-refractivity contribution in [2.45, 2.75) is 62.9 Å². The van der Waals surface area contributed by atoms with Gasteiger partial charge in [0.2, 0.25) is 5.79 Å². The van der Waals surface area contributed by atoms with Crippen molar-refractivity contribution in [3.05, 3.63) is 172 Å². The highest BCUT2D eigenvalue weighted by Crippen LogP contribution is 2.48. The van der Waals surface area contributed by atoms with Gasteiger partial charge in [0.1, 0.15) is 29.7 Å². The van der Waals surface area contributed by atoms with Gasteiger partial charge in [-0.15, -0.1) is 0 Å². The first-order chi connectivity index (χ1) is 25.9. The number of aliphatic hydroxyl groups is 1. The van der Waals surface area contributed by atoms with E-state index >= 15 is 0 Å². The Labute approximate surface area is 323 Å². The number of aliphatic hydroxyl groups excluding tert-OH is 1. The Morgan fingerprint density at radius 3 is 1.75 bits per heavy atom. The van der Waals surface area contributed by atoms with Gasteiger partial charge in [-0.1, -0.05) is 121 Å². The van der Waals surface area contributed by atoms with Gasteiger partial charge in [-0.05, 0) is 65.4 Å². The normalized spacial score (nSPS) is 22.8. The summed E-state index contributed by atoms with van der Waals surface area (Å²) in [5.41, 5.74) is 4.08. The second-order valence-electron chi connectivity index (χ2n) is 13.1. The third-order valence-corrected chi connectivity index (χ3v) is 10.5. The fourth-order valence-electron chi connectivity index (χ4n) is 6.82. The molecule has 278 valence electrons. The van der Waals surface area contributed by atoms with Crippen molar-refractivity contribution >= 4 is 24.2 Å². The standard InChI is InChI=1S/C44H47ClO7S/c1-3-48-38-22-19-32(20-23-38)25-36-26-37(21-24-39(36)45)44(47-2)42(51-29-35-17-11-6-12-18-35)40(49-27-33-13-7-4-8-14-33)41(43(30-46,31-53)52-44)50-28-34-15-9-5-10-16-34/h4-24,26,40-42,46,53H,3,25,27-31H2,1-2H3/t40-,41-,42+,43+,44-/m0/s1. The van der Waals surface area contributed by atoms with Gasteiger partial charge in [0.05, 0.1) is 33.0 Å². The van der Waals surface area contributed by atoms with Gasteiger partial charge in [-0.25, -0.2) is 0 Å². The quantitative estimate of drug-likeness (QED) is 0.0922. The second kappa shape index (κ2) is 18.6. The Morgan fingerprint density at radius 2 is 1.25 bits per heavy atom. The molecule has 0 bridgehead atoms. The SMILES string of the molecule is CCOc1ccc(Cc2cc([C@]3(OC)O[C@](CO)(CS)[C@@H](OCc4ccccc4)[C@H](OCc4ccccc4)[C@H]3OCc3ccccc3)ccc2Cl)cc1. The van der Waals surface area contributed by atoms with Gasteiger partial charge in [-0.3, -0.25) is 0 Å². The Kier molecular flexibility index (Phi) is 13.7. The number of methoxy groups -OCH3 is 1. The average molecular weight is 755 g/mol.